The van der Waals surface area contributed by atoms with E-state index in [0.29, 0.717) is 26.1 Å². The molecule has 6 heteroatoms. The van der Waals surface area contributed by atoms with Gasteiger partial charge in [0.25, 0.3) is 0 Å². The van der Waals surface area contributed by atoms with Crippen molar-refractivity contribution in [1.82, 2.24) is 14.7 Å². The number of carbonyl (C=O) groups excluding carboxylic acids is 2. The predicted molar refractivity (Wildman–Crippen MR) is 133 cm³/mol. The number of halogens is 1. The molecule has 5 rings (SSSR count). The number of likely N-dealkylation sites (tertiary alicyclic amines) is 1. The molecule has 0 bridgehead atoms. The summed E-state index contributed by atoms with van der Waals surface area (Å²) in [4.78, 5) is 32.9. The summed E-state index contributed by atoms with van der Waals surface area (Å²) in [6.07, 6.45) is 0.651. The Hall–Kier alpha value is -3.51. The summed E-state index contributed by atoms with van der Waals surface area (Å²) < 4.78 is 13.2. The molecule has 0 aromatic heterocycles. The van der Waals surface area contributed by atoms with Crippen molar-refractivity contribution >= 4 is 11.8 Å². The molecule has 0 unspecified atom stereocenters. The van der Waals surface area contributed by atoms with Gasteiger partial charge in [-0.15, -0.1) is 0 Å². The molecule has 3 aromatic rings. The van der Waals surface area contributed by atoms with Crippen molar-refractivity contribution in [2.45, 2.75) is 18.4 Å². The minimum absolute atomic E-state index is 0.00167. The molecule has 2 amide bonds. The third kappa shape index (κ3) is 4.71. The number of benzene rings is 3. The molecule has 2 aliphatic rings. The second-order valence-corrected chi connectivity index (χ2v) is 9.40. The molecular formula is C29H30FN3O2. The van der Waals surface area contributed by atoms with Crippen molar-refractivity contribution in [2.24, 2.45) is 0 Å². The molecule has 0 aliphatic carbocycles. The number of hydrogen-bond acceptors (Lipinski definition) is 3. The average molecular weight is 472 g/mol. The first-order chi connectivity index (χ1) is 17.1. The van der Waals surface area contributed by atoms with E-state index in [0.717, 1.165) is 36.3 Å². The van der Waals surface area contributed by atoms with E-state index in [4.69, 9.17) is 0 Å². The molecule has 5 nitrogen and oxygen atoms in total. The minimum Gasteiger partial charge on any atom is -0.339 e. The molecule has 2 heterocycles. The van der Waals surface area contributed by atoms with E-state index in [1.165, 1.54) is 12.1 Å². The van der Waals surface area contributed by atoms with Gasteiger partial charge in [0.1, 0.15) is 11.2 Å². The molecule has 0 saturated carbocycles. The van der Waals surface area contributed by atoms with Crippen LogP contribution in [0.15, 0.2) is 84.9 Å². The third-order valence-electron chi connectivity index (χ3n) is 7.31. The lowest BCUT2D eigenvalue weighted by atomic mass is 9.73. The van der Waals surface area contributed by atoms with E-state index in [1.54, 1.807) is 17.0 Å². The molecule has 2 saturated heterocycles. The van der Waals surface area contributed by atoms with E-state index < -0.39 is 5.41 Å². The van der Waals surface area contributed by atoms with Gasteiger partial charge in [0.2, 0.25) is 11.8 Å². The Kier molecular flexibility index (Phi) is 6.64. The molecule has 0 atom stereocenters. The number of carbonyl (C=O) groups is 2. The summed E-state index contributed by atoms with van der Waals surface area (Å²) in [6, 6.07) is 26.4. The van der Waals surface area contributed by atoms with Crippen LogP contribution in [0, 0.1) is 5.82 Å². The van der Waals surface area contributed by atoms with Gasteiger partial charge in [-0.1, -0.05) is 72.8 Å². The number of nitrogens with zero attached hydrogens (tertiary/aromatic N) is 3. The summed E-state index contributed by atoms with van der Waals surface area (Å²) in [5.74, 6) is -0.237. The highest BCUT2D eigenvalue weighted by molar-refractivity contribution is 5.96. The van der Waals surface area contributed by atoms with Crippen LogP contribution >= 0.6 is 0 Å². The van der Waals surface area contributed by atoms with Gasteiger partial charge < -0.3 is 9.80 Å². The fourth-order valence-electron chi connectivity index (χ4n) is 5.35. The van der Waals surface area contributed by atoms with Gasteiger partial charge in [0.15, 0.2) is 0 Å². The quantitative estimate of drug-likeness (QED) is 0.551. The molecule has 0 radical (unpaired) electrons. The average Bonchev–Trinajstić information content (AvgIpc) is 3.23. The lowest BCUT2D eigenvalue weighted by Gasteiger charge is -2.35. The van der Waals surface area contributed by atoms with Crippen LogP contribution in [-0.4, -0.2) is 65.8 Å². The van der Waals surface area contributed by atoms with Gasteiger partial charge in [-0.2, -0.15) is 0 Å². The van der Waals surface area contributed by atoms with Crippen molar-refractivity contribution in [3.8, 4) is 0 Å². The Bertz CT molecular complexity index is 1120. The maximum atomic E-state index is 13.8. The van der Waals surface area contributed by atoms with E-state index >= 15 is 0 Å². The van der Waals surface area contributed by atoms with Gasteiger partial charge in [-0.25, -0.2) is 4.39 Å². The summed E-state index contributed by atoms with van der Waals surface area (Å²) >= 11 is 0. The van der Waals surface area contributed by atoms with Crippen molar-refractivity contribution in [3.05, 3.63) is 107 Å². The summed E-state index contributed by atoms with van der Waals surface area (Å²) in [6.45, 7) is 4.18. The largest absolute Gasteiger partial charge is 0.339 e. The fourth-order valence-corrected chi connectivity index (χ4v) is 5.35. The van der Waals surface area contributed by atoms with Crippen LogP contribution in [0.2, 0.25) is 0 Å². The fraction of sp³-hybridized carbons (Fsp3) is 0.310. The Morgan fingerprint density at radius 3 is 1.91 bits per heavy atom. The first-order valence-electron chi connectivity index (χ1n) is 12.2. The van der Waals surface area contributed by atoms with E-state index in [9.17, 15) is 14.0 Å². The Morgan fingerprint density at radius 2 is 1.34 bits per heavy atom. The van der Waals surface area contributed by atoms with Crippen molar-refractivity contribution in [1.29, 1.82) is 0 Å². The first kappa shape index (κ1) is 23.2. The number of piperazine rings is 1. The third-order valence-corrected chi connectivity index (χ3v) is 7.31. The van der Waals surface area contributed by atoms with Gasteiger partial charge in [-0.3, -0.25) is 14.5 Å². The maximum Gasteiger partial charge on any atom is 0.242 e. The standard InChI is InChI=1S/C29H30FN3O2/c30-26-13-11-23(12-14-26)21-31-17-19-32(20-18-31)27(34)22-33-16-15-29(28(33)35,24-7-3-1-4-8-24)25-9-5-2-6-10-25/h1-14H,15-22H2. The van der Waals surface area contributed by atoms with Gasteiger partial charge in [-0.05, 0) is 35.2 Å². The van der Waals surface area contributed by atoms with Crippen LogP contribution in [0.4, 0.5) is 4.39 Å². The molecule has 180 valence electrons. The van der Waals surface area contributed by atoms with Gasteiger partial charge in [0.05, 0.1) is 6.54 Å². The SMILES string of the molecule is O=C(CN1CCC(c2ccccc2)(c2ccccc2)C1=O)N1CCN(Cc2ccc(F)cc2)CC1. The van der Waals surface area contributed by atoms with Crippen molar-refractivity contribution in [2.75, 3.05) is 39.3 Å². The van der Waals surface area contributed by atoms with Gasteiger partial charge >= 0.3 is 0 Å². The zero-order valence-electron chi connectivity index (χ0n) is 19.8. The summed E-state index contributed by atoms with van der Waals surface area (Å²) in [5, 5.41) is 0. The van der Waals surface area contributed by atoms with E-state index in [-0.39, 0.29) is 24.2 Å². The van der Waals surface area contributed by atoms with Crippen LogP contribution < -0.4 is 0 Å². The Labute approximate surface area is 205 Å². The van der Waals surface area contributed by atoms with Crippen LogP contribution in [0.5, 0.6) is 0 Å². The first-order valence-corrected chi connectivity index (χ1v) is 12.2. The lowest BCUT2D eigenvalue weighted by Crippen LogP contribution is -2.51. The zero-order valence-corrected chi connectivity index (χ0v) is 19.8. The minimum atomic E-state index is -0.753. The Morgan fingerprint density at radius 1 is 0.771 bits per heavy atom. The highest BCUT2D eigenvalue weighted by Gasteiger charge is 2.49. The van der Waals surface area contributed by atoms with E-state index in [2.05, 4.69) is 4.90 Å². The van der Waals surface area contributed by atoms with Gasteiger partial charge in [0, 0.05) is 39.3 Å². The molecular weight excluding hydrogens is 441 g/mol. The summed E-state index contributed by atoms with van der Waals surface area (Å²) in [7, 11) is 0. The molecule has 35 heavy (non-hydrogen) atoms. The highest BCUT2D eigenvalue weighted by Crippen LogP contribution is 2.41. The number of rotatable bonds is 6. The van der Waals surface area contributed by atoms with Crippen molar-refractivity contribution in [3.63, 3.8) is 0 Å². The smallest absolute Gasteiger partial charge is 0.242 e. The number of hydrogen-bond donors (Lipinski definition) is 0. The second kappa shape index (κ2) is 10.0. The van der Waals surface area contributed by atoms with E-state index in [1.807, 2.05) is 65.6 Å². The predicted octanol–water partition coefficient (Wildman–Crippen LogP) is 3.69. The molecule has 0 N–H and O–H groups in total. The molecule has 2 fully saturated rings. The highest BCUT2D eigenvalue weighted by atomic mass is 19.1. The van der Waals surface area contributed by atoms with Crippen molar-refractivity contribution < 1.29 is 14.0 Å². The van der Waals surface area contributed by atoms with Crippen LogP contribution in [0.1, 0.15) is 23.1 Å². The Balaban J connectivity index is 1.23. The second-order valence-electron chi connectivity index (χ2n) is 9.40. The van der Waals surface area contributed by atoms with Crippen LogP contribution in [0.25, 0.3) is 0 Å². The van der Waals surface area contributed by atoms with Crippen LogP contribution in [-0.2, 0) is 21.5 Å². The molecule has 2 aliphatic heterocycles. The molecule has 3 aromatic carbocycles. The topological polar surface area (TPSA) is 43.9 Å². The lowest BCUT2D eigenvalue weighted by molar-refractivity contribution is -0.140. The maximum absolute atomic E-state index is 13.8. The summed E-state index contributed by atoms with van der Waals surface area (Å²) in [5.41, 5.74) is 2.25. The molecule has 0 spiro atoms. The normalized spacial score (nSPS) is 18.1. The zero-order chi connectivity index (χ0) is 24.3. The van der Waals surface area contributed by atoms with Crippen LogP contribution in [0.3, 0.4) is 0 Å². The monoisotopic (exact) mass is 471 g/mol. The number of amides is 2.